The molecule has 0 aliphatic rings. The highest BCUT2D eigenvalue weighted by Gasteiger charge is 2.10. The molecule has 2 aromatic carbocycles. The third-order valence-corrected chi connectivity index (χ3v) is 4.54. The smallest absolute Gasteiger partial charge is 0.257 e. The molecule has 0 bridgehead atoms. The summed E-state index contributed by atoms with van der Waals surface area (Å²) in [7, 11) is 0. The van der Waals surface area contributed by atoms with Gasteiger partial charge in [0.05, 0.1) is 10.9 Å². The maximum Gasteiger partial charge on any atom is 0.257 e. The maximum absolute atomic E-state index is 12.2. The van der Waals surface area contributed by atoms with Gasteiger partial charge in [0.1, 0.15) is 0 Å². The van der Waals surface area contributed by atoms with Crippen molar-refractivity contribution in [1.29, 1.82) is 0 Å². The number of fused-ring (bicyclic) bond motifs is 1. The van der Waals surface area contributed by atoms with E-state index in [9.17, 15) is 9.59 Å². The van der Waals surface area contributed by atoms with Crippen molar-refractivity contribution in [1.82, 2.24) is 10.3 Å². The molecule has 0 atom stereocenters. The lowest BCUT2D eigenvalue weighted by molar-refractivity contribution is 0.0977. The summed E-state index contributed by atoms with van der Waals surface area (Å²) >= 11 is 6.10. The number of amides is 1. The molecule has 7 heteroatoms. The fraction of sp³-hybridized carbons (Fsp3) is 0.111. The third-order valence-electron chi connectivity index (χ3n) is 3.54. The number of aryl methyl sites for hydroxylation is 2. The van der Waals surface area contributed by atoms with E-state index in [0.29, 0.717) is 21.6 Å². The van der Waals surface area contributed by atoms with Crippen LogP contribution in [0.1, 0.15) is 21.5 Å². The highest BCUT2D eigenvalue weighted by Crippen LogP contribution is 2.16. The Morgan fingerprint density at radius 1 is 1.08 bits per heavy atom. The number of aromatic nitrogens is 1. The minimum atomic E-state index is -0.318. The van der Waals surface area contributed by atoms with Gasteiger partial charge >= 0.3 is 0 Å². The lowest BCUT2D eigenvalue weighted by Gasteiger charge is -2.09. The van der Waals surface area contributed by atoms with E-state index < -0.39 is 0 Å². The van der Waals surface area contributed by atoms with E-state index in [1.54, 1.807) is 18.2 Å². The average molecular weight is 369 g/mol. The van der Waals surface area contributed by atoms with E-state index >= 15 is 0 Å². The maximum atomic E-state index is 12.2. The summed E-state index contributed by atoms with van der Waals surface area (Å²) in [5, 5.41) is 6.41. The van der Waals surface area contributed by atoms with Crippen LogP contribution in [0.5, 0.6) is 0 Å². The molecule has 0 saturated heterocycles. The number of hydrogen-bond acceptors (Lipinski definition) is 5. The molecular weight excluding hydrogens is 354 g/mol. The van der Waals surface area contributed by atoms with Gasteiger partial charge in [0.2, 0.25) is 4.74 Å². The van der Waals surface area contributed by atoms with Crippen LogP contribution in [0.25, 0.3) is 10.9 Å². The van der Waals surface area contributed by atoms with Crippen LogP contribution in [-0.4, -0.2) is 16.0 Å². The van der Waals surface area contributed by atoms with Gasteiger partial charge in [-0.3, -0.25) is 14.9 Å². The molecule has 1 heterocycles. The normalized spacial score (nSPS) is 10.5. The molecule has 0 spiro atoms. The first-order chi connectivity index (χ1) is 11.9. The molecule has 0 saturated carbocycles. The Hall–Kier alpha value is -2.64. The largest absolute Gasteiger partial charge is 0.308 e. The van der Waals surface area contributed by atoms with Crippen LogP contribution >= 0.6 is 23.6 Å². The Bertz CT molecular complexity index is 1030. The standard InChI is InChI=1S/C18H15N3O2S2/c1-10-3-6-12(7-4-10)15(22)20-17(24)21-18-19-14-8-5-11(2)9-13(14)16(23)25-18/h3-9H,1-2H3,(H2,19,20,21,22,24). The first kappa shape index (κ1) is 17.2. The van der Waals surface area contributed by atoms with Gasteiger partial charge in [-0.15, -0.1) is 0 Å². The minimum Gasteiger partial charge on any atom is -0.308 e. The fourth-order valence-electron chi connectivity index (χ4n) is 2.25. The molecule has 0 radical (unpaired) electrons. The van der Waals surface area contributed by atoms with Gasteiger partial charge < -0.3 is 5.32 Å². The highest BCUT2D eigenvalue weighted by molar-refractivity contribution is 7.80. The Balaban J connectivity index is 1.75. The molecular formula is C18H15N3O2S2. The van der Waals surface area contributed by atoms with Gasteiger partial charge in [0.15, 0.2) is 10.2 Å². The van der Waals surface area contributed by atoms with Crippen LogP contribution < -0.4 is 15.4 Å². The number of nitrogens with zero attached hydrogens (tertiary/aromatic N) is 1. The number of carbonyl (C=O) groups excluding carboxylic acids is 1. The van der Waals surface area contributed by atoms with Crippen molar-refractivity contribution in [3.05, 3.63) is 68.7 Å². The Kier molecular flexibility index (Phi) is 4.87. The number of nitrogens with one attached hydrogen (secondary N) is 2. The van der Waals surface area contributed by atoms with Gasteiger partial charge in [-0.2, -0.15) is 0 Å². The van der Waals surface area contributed by atoms with Crippen molar-refractivity contribution < 1.29 is 4.79 Å². The zero-order valence-electron chi connectivity index (χ0n) is 13.6. The zero-order valence-corrected chi connectivity index (χ0v) is 15.3. The number of anilines is 1. The van der Waals surface area contributed by atoms with Crippen molar-refractivity contribution >= 4 is 50.6 Å². The van der Waals surface area contributed by atoms with Gasteiger partial charge in [-0.1, -0.05) is 40.7 Å². The van der Waals surface area contributed by atoms with Crippen LogP contribution in [0, 0.1) is 13.8 Å². The zero-order chi connectivity index (χ0) is 18.0. The highest BCUT2D eigenvalue weighted by atomic mass is 32.1. The third kappa shape index (κ3) is 4.07. The summed E-state index contributed by atoms with van der Waals surface area (Å²) in [5.41, 5.74) is 3.16. The first-order valence-electron chi connectivity index (χ1n) is 7.53. The molecule has 0 aliphatic carbocycles. The molecule has 5 nitrogen and oxygen atoms in total. The van der Waals surface area contributed by atoms with Crippen molar-refractivity contribution in [2.24, 2.45) is 0 Å². The van der Waals surface area contributed by atoms with E-state index in [2.05, 4.69) is 15.6 Å². The molecule has 1 aromatic heterocycles. The van der Waals surface area contributed by atoms with E-state index in [1.165, 1.54) is 0 Å². The molecule has 25 heavy (non-hydrogen) atoms. The number of benzene rings is 2. The van der Waals surface area contributed by atoms with Crippen molar-refractivity contribution in [2.45, 2.75) is 13.8 Å². The second-order valence-corrected chi connectivity index (χ2v) is 6.97. The first-order valence-corrected chi connectivity index (χ1v) is 8.75. The summed E-state index contributed by atoms with van der Waals surface area (Å²) in [6.07, 6.45) is 0. The van der Waals surface area contributed by atoms with Crippen LogP contribution in [0.2, 0.25) is 0 Å². The SMILES string of the molecule is Cc1ccc(C(=O)NC(=S)Nc2nc3ccc(C)cc3c(=O)s2)cc1. The average Bonchev–Trinajstić information content (AvgIpc) is 2.56. The second-order valence-electron chi connectivity index (χ2n) is 5.60. The van der Waals surface area contributed by atoms with Crippen molar-refractivity contribution in [2.75, 3.05) is 5.32 Å². The molecule has 126 valence electrons. The quantitative estimate of drug-likeness (QED) is 0.678. The predicted octanol–water partition coefficient (Wildman–Crippen LogP) is 3.40. The molecule has 3 rings (SSSR count). The van der Waals surface area contributed by atoms with Crippen molar-refractivity contribution in [3.8, 4) is 0 Å². The van der Waals surface area contributed by atoms with Crippen LogP contribution in [0.4, 0.5) is 5.13 Å². The number of rotatable bonds is 2. The summed E-state index contributed by atoms with van der Waals surface area (Å²) in [5.74, 6) is -0.318. The molecule has 0 unspecified atom stereocenters. The number of thiocarbonyl (C=S) groups is 1. The minimum absolute atomic E-state index is 0.0974. The summed E-state index contributed by atoms with van der Waals surface area (Å²) in [6, 6.07) is 12.6. The molecule has 1 amide bonds. The van der Waals surface area contributed by atoms with Crippen LogP contribution in [-0.2, 0) is 0 Å². The van der Waals surface area contributed by atoms with E-state index in [0.717, 1.165) is 22.5 Å². The van der Waals surface area contributed by atoms with Crippen LogP contribution in [0.3, 0.4) is 0 Å². The topological polar surface area (TPSA) is 71.1 Å². The molecule has 0 fully saturated rings. The lowest BCUT2D eigenvalue weighted by Crippen LogP contribution is -2.34. The predicted molar refractivity (Wildman–Crippen MR) is 105 cm³/mol. The molecule has 3 aromatic rings. The van der Waals surface area contributed by atoms with Gasteiger partial charge in [0, 0.05) is 5.56 Å². The lowest BCUT2D eigenvalue weighted by atomic mass is 10.1. The molecule has 0 aliphatic heterocycles. The van der Waals surface area contributed by atoms with E-state index in [-0.39, 0.29) is 15.8 Å². The van der Waals surface area contributed by atoms with E-state index in [4.69, 9.17) is 12.2 Å². The monoisotopic (exact) mass is 369 g/mol. The van der Waals surface area contributed by atoms with E-state index in [1.807, 2.05) is 38.1 Å². The number of hydrogen-bond donors (Lipinski definition) is 2. The summed E-state index contributed by atoms with van der Waals surface area (Å²) in [6.45, 7) is 3.87. The fourth-order valence-corrected chi connectivity index (χ4v) is 3.25. The van der Waals surface area contributed by atoms with Gasteiger partial charge in [0.25, 0.3) is 5.91 Å². The Labute approximate surface area is 153 Å². The second kappa shape index (κ2) is 7.08. The van der Waals surface area contributed by atoms with Crippen molar-refractivity contribution in [3.63, 3.8) is 0 Å². The Morgan fingerprint density at radius 3 is 2.48 bits per heavy atom. The van der Waals surface area contributed by atoms with Gasteiger partial charge in [-0.05, 0) is 50.3 Å². The summed E-state index contributed by atoms with van der Waals surface area (Å²) in [4.78, 5) is 28.8. The Morgan fingerprint density at radius 2 is 1.76 bits per heavy atom. The summed E-state index contributed by atoms with van der Waals surface area (Å²) < 4.78 is -0.108. The van der Waals surface area contributed by atoms with Crippen LogP contribution in [0.15, 0.2) is 47.3 Å². The molecule has 2 N–H and O–H groups in total. The number of carbonyl (C=O) groups is 1. The van der Waals surface area contributed by atoms with Gasteiger partial charge in [-0.25, -0.2) is 4.98 Å².